The number of nitrogens with zero attached hydrogens (tertiary/aromatic N) is 2. The Morgan fingerprint density at radius 1 is 1.25 bits per heavy atom. The molecular weight excluding hydrogens is 250 g/mol. The van der Waals surface area contributed by atoms with Gasteiger partial charge in [0.1, 0.15) is 18.3 Å². The predicted octanol–water partition coefficient (Wildman–Crippen LogP) is 2.94. The van der Waals surface area contributed by atoms with Crippen molar-refractivity contribution in [2.75, 3.05) is 13.8 Å². The Labute approximate surface area is 121 Å². The van der Waals surface area contributed by atoms with Crippen LogP contribution in [0.25, 0.3) is 0 Å². The Bertz CT molecular complexity index is 508. The minimum absolute atomic E-state index is 0.153. The molecule has 0 saturated carbocycles. The fraction of sp³-hybridized carbons (Fsp3) is 0.438. The number of rotatable bonds is 4. The van der Waals surface area contributed by atoms with E-state index in [0.29, 0.717) is 12.7 Å². The van der Waals surface area contributed by atoms with Crippen LogP contribution in [0.1, 0.15) is 32.4 Å². The van der Waals surface area contributed by atoms with Crippen molar-refractivity contribution in [3.63, 3.8) is 0 Å². The summed E-state index contributed by atoms with van der Waals surface area (Å²) < 4.78 is 5.40. The zero-order valence-corrected chi connectivity index (χ0v) is 12.6. The number of ether oxygens (including phenoxy) is 1. The molecule has 1 N–H and O–H groups in total. The van der Waals surface area contributed by atoms with Gasteiger partial charge in [0.15, 0.2) is 0 Å². The number of para-hydroxylation sites is 1. The number of hydrogen-bond acceptors (Lipinski definition) is 4. The summed E-state index contributed by atoms with van der Waals surface area (Å²) >= 11 is 0. The van der Waals surface area contributed by atoms with Crippen LogP contribution in [0.15, 0.2) is 41.5 Å². The Hall–Kier alpha value is -1.97. The van der Waals surface area contributed by atoms with Crippen molar-refractivity contribution in [1.29, 1.82) is 0 Å². The largest absolute Gasteiger partial charge is 0.496 e. The van der Waals surface area contributed by atoms with Crippen LogP contribution in [-0.4, -0.2) is 30.6 Å². The van der Waals surface area contributed by atoms with Gasteiger partial charge in [0.25, 0.3) is 0 Å². The molecule has 1 aromatic carbocycles. The standard InChI is InChI=1S/C16H23N3O/c1-12(2)19-10-9-16(17-11-19)18-13(3)14-7-5-6-8-15(14)20-4/h5-10,12-13H,11H2,1-4H3,(H,17,18). The first-order valence-electron chi connectivity index (χ1n) is 6.99. The highest BCUT2D eigenvalue weighted by Gasteiger charge is 2.14. The lowest BCUT2D eigenvalue weighted by Crippen LogP contribution is -2.33. The Balaban J connectivity index is 2.02. The quantitative estimate of drug-likeness (QED) is 0.916. The third-order valence-electron chi connectivity index (χ3n) is 3.46. The summed E-state index contributed by atoms with van der Waals surface area (Å²) in [5.74, 6) is 1.82. The summed E-state index contributed by atoms with van der Waals surface area (Å²) in [7, 11) is 1.70. The molecule has 2 rings (SSSR count). The van der Waals surface area contributed by atoms with Crippen LogP contribution in [-0.2, 0) is 0 Å². The summed E-state index contributed by atoms with van der Waals surface area (Å²) in [6.45, 7) is 7.14. The lowest BCUT2D eigenvalue weighted by atomic mass is 10.1. The number of amidine groups is 1. The van der Waals surface area contributed by atoms with Crippen molar-refractivity contribution >= 4 is 5.84 Å². The fourth-order valence-electron chi connectivity index (χ4n) is 2.18. The van der Waals surface area contributed by atoms with Crippen LogP contribution in [0.2, 0.25) is 0 Å². The van der Waals surface area contributed by atoms with Gasteiger partial charge in [0, 0.05) is 17.8 Å². The van der Waals surface area contributed by atoms with Gasteiger partial charge in [-0.3, -0.25) is 0 Å². The van der Waals surface area contributed by atoms with E-state index in [-0.39, 0.29) is 6.04 Å². The smallest absolute Gasteiger partial charge is 0.124 e. The predicted molar refractivity (Wildman–Crippen MR) is 83.0 cm³/mol. The molecule has 1 heterocycles. The molecule has 1 atom stereocenters. The van der Waals surface area contributed by atoms with E-state index in [1.807, 2.05) is 24.3 Å². The molecule has 0 spiro atoms. The third kappa shape index (κ3) is 3.32. The summed E-state index contributed by atoms with van der Waals surface area (Å²) in [5.41, 5.74) is 1.14. The van der Waals surface area contributed by atoms with Crippen LogP contribution in [0, 0.1) is 0 Å². The normalized spacial score (nSPS) is 16.1. The van der Waals surface area contributed by atoms with Gasteiger partial charge < -0.3 is 15.0 Å². The van der Waals surface area contributed by atoms with E-state index in [0.717, 1.165) is 17.1 Å². The van der Waals surface area contributed by atoms with Gasteiger partial charge in [-0.15, -0.1) is 0 Å². The van der Waals surface area contributed by atoms with Gasteiger partial charge in [-0.05, 0) is 32.9 Å². The van der Waals surface area contributed by atoms with Crippen molar-refractivity contribution in [3.8, 4) is 5.75 Å². The molecule has 0 aliphatic carbocycles. The van der Waals surface area contributed by atoms with Gasteiger partial charge in [0.2, 0.25) is 0 Å². The van der Waals surface area contributed by atoms with Crippen LogP contribution in [0.4, 0.5) is 0 Å². The second-order valence-electron chi connectivity index (χ2n) is 5.22. The van der Waals surface area contributed by atoms with Crippen LogP contribution < -0.4 is 10.1 Å². The van der Waals surface area contributed by atoms with Crippen molar-refractivity contribution in [1.82, 2.24) is 10.2 Å². The molecule has 4 nitrogen and oxygen atoms in total. The van der Waals surface area contributed by atoms with E-state index in [1.165, 1.54) is 0 Å². The number of aliphatic imine (C=N–C) groups is 1. The van der Waals surface area contributed by atoms with Crippen LogP contribution >= 0.6 is 0 Å². The van der Waals surface area contributed by atoms with Crippen LogP contribution in [0.3, 0.4) is 0 Å². The monoisotopic (exact) mass is 273 g/mol. The number of hydrogen-bond donors (Lipinski definition) is 1. The maximum atomic E-state index is 5.40. The maximum Gasteiger partial charge on any atom is 0.124 e. The molecule has 0 fully saturated rings. The molecule has 0 bridgehead atoms. The van der Waals surface area contributed by atoms with Gasteiger partial charge in [0.05, 0.1) is 13.2 Å². The van der Waals surface area contributed by atoms with Crippen molar-refractivity contribution in [2.24, 2.45) is 4.99 Å². The average molecular weight is 273 g/mol. The SMILES string of the molecule is COc1ccccc1C(C)NC1=NCN(C(C)C)C=C1. The number of methoxy groups -OCH3 is 1. The minimum Gasteiger partial charge on any atom is -0.496 e. The summed E-state index contributed by atoms with van der Waals surface area (Å²) in [6, 6.07) is 8.68. The zero-order valence-electron chi connectivity index (χ0n) is 12.6. The molecule has 1 unspecified atom stereocenters. The average Bonchev–Trinajstić information content (AvgIpc) is 2.47. The third-order valence-corrected chi connectivity index (χ3v) is 3.46. The van der Waals surface area contributed by atoms with Gasteiger partial charge >= 0.3 is 0 Å². The molecule has 0 amide bonds. The molecule has 0 saturated heterocycles. The molecule has 0 radical (unpaired) electrons. The molecule has 1 aromatic rings. The second-order valence-corrected chi connectivity index (χ2v) is 5.22. The van der Waals surface area contributed by atoms with E-state index >= 15 is 0 Å². The van der Waals surface area contributed by atoms with Crippen molar-refractivity contribution < 1.29 is 4.74 Å². The summed E-state index contributed by atoms with van der Waals surface area (Å²) in [4.78, 5) is 6.75. The molecule has 4 heteroatoms. The van der Waals surface area contributed by atoms with Crippen molar-refractivity contribution in [3.05, 3.63) is 42.1 Å². The topological polar surface area (TPSA) is 36.9 Å². The molecule has 108 valence electrons. The summed E-state index contributed by atoms with van der Waals surface area (Å²) in [5, 5.41) is 3.43. The zero-order chi connectivity index (χ0) is 14.5. The molecule has 0 aromatic heterocycles. The van der Waals surface area contributed by atoms with Gasteiger partial charge in [-0.25, -0.2) is 4.99 Å². The number of benzene rings is 1. The minimum atomic E-state index is 0.153. The van der Waals surface area contributed by atoms with Crippen LogP contribution in [0.5, 0.6) is 5.75 Å². The molecule has 20 heavy (non-hydrogen) atoms. The first-order valence-corrected chi connectivity index (χ1v) is 6.99. The molecule has 1 aliphatic rings. The summed E-state index contributed by atoms with van der Waals surface area (Å²) in [6.07, 6.45) is 4.12. The first-order chi connectivity index (χ1) is 9.61. The molecular formula is C16H23N3O. The highest BCUT2D eigenvalue weighted by atomic mass is 16.5. The Morgan fingerprint density at radius 3 is 2.60 bits per heavy atom. The molecule has 1 aliphatic heterocycles. The Kier molecular flexibility index (Phi) is 4.66. The van der Waals surface area contributed by atoms with Crippen molar-refractivity contribution in [2.45, 2.75) is 32.9 Å². The first kappa shape index (κ1) is 14.4. The highest BCUT2D eigenvalue weighted by molar-refractivity contribution is 5.93. The van der Waals surface area contributed by atoms with E-state index in [2.05, 4.69) is 48.2 Å². The van der Waals surface area contributed by atoms with E-state index in [1.54, 1.807) is 7.11 Å². The van der Waals surface area contributed by atoms with E-state index in [9.17, 15) is 0 Å². The maximum absolute atomic E-state index is 5.40. The van der Waals surface area contributed by atoms with Gasteiger partial charge in [-0.2, -0.15) is 0 Å². The lowest BCUT2D eigenvalue weighted by Gasteiger charge is -2.27. The van der Waals surface area contributed by atoms with E-state index in [4.69, 9.17) is 4.74 Å². The lowest BCUT2D eigenvalue weighted by molar-refractivity contribution is 0.317. The van der Waals surface area contributed by atoms with Gasteiger partial charge in [-0.1, -0.05) is 18.2 Å². The number of nitrogens with one attached hydrogen (secondary N) is 1. The van der Waals surface area contributed by atoms with E-state index < -0.39 is 0 Å². The Morgan fingerprint density at radius 2 is 2.00 bits per heavy atom. The second kappa shape index (κ2) is 6.46. The fourth-order valence-corrected chi connectivity index (χ4v) is 2.18. The highest BCUT2D eigenvalue weighted by Crippen LogP contribution is 2.24.